The minimum atomic E-state index is -0.455. The van der Waals surface area contributed by atoms with Crippen LogP contribution in [0.1, 0.15) is 47.0 Å². The molecule has 0 aliphatic carbocycles. The lowest BCUT2D eigenvalue weighted by Gasteiger charge is -2.33. The van der Waals surface area contributed by atoms with Gasteiger partial charge in [0.15, 0.2) is 0 Å². The van der Waals surface area contributed by atoms with Gasteiger partial charge in [-0.2, -0.15) is 0 Å². The maximum Gasteiger partial charge on any atom is 0.410 e. The Hall–Kier alpha value is -1.23. The Morgan fingerprint density at radius 2 is 1.91 bits per heavy atom. The molecule has 1 rings (SSSR count). The lowest BCUT2D eigenvalue weighted by atomic mass is 10.1. The van der Waals surface area contributed by atoms with E-state index in [0.717, 1.165) is 23.7 Å². The monoisotopic (exact) mass is 385 g/mol. The summed E-state index contributed by atoms with van der Waals surface area (Å²) in [7, 11) is 0. The van der Waals surface area contributed by atoms with Crippen molar-refractivity contribution < 1.29 is 14.3 Å². The number of halogens is 1. The quantitative estimate of drug-likeness (QED) is 0.484. The lowest BCUT2D eigenvalue weighted by molar-refractivity contribution is 0.00571. The maximum absolute atomic E-state index is 12.0. The van der Waals surface area contributed by atoms with Crippen LogP contribution in [0, 0.1) is 0 Å². The maximum atomic E-state index is 12.0. The summed E-state index contributed by atoms with van der Waals surface area (Å²) < 4.78 is 12.2. The Morgan fingerprint density at radius 3 is 2.43 bits per heavy atom. The molecule has 0 atom stereocenters. The summed E-state index contributed by atoms with van der Waals surface area (Å²) >= 11 is 3.46. The van der Waals surface area contributed by atoms with E-state index in [1.54, 1.807) is 4.90 Å². The fraction of sp³-hybridized carbons (Fsp3) is 0.611. The lowest BCUT2D eigenvalue weighted by Crippen LogP contribution is -2.43. The predicted octanol–water partition coefficient (Wildman–Crippen LogP) is 5.16. The van der Waals surface area contributed by atoms with Gasteiger partial charge >= 0.3 is 6.09 Å². The minimum Gasteiger partial charge on any atom is -0.491 e. The fourth-order valence-corrected chi connectivity index (χ4v) is 2.63. The summed E-state index contributed by atoms with van der Waals surface area (Å²) in [6.45, 7) is 12.9. The van der Waals surface area contributed by atoms with Crippen molar-refractivity contribution >= 4 is 22.0 Å². The first-order valence-electron chi connectivity index (χ1n) is 8.08. The summed E-state index contributed by atoms with van der Waals surface area (Å²) in [4.78, 5) is 13.7. The van der Waals surface area contributed by atoms with Gasteiger partial charge in [-0.05, 0) is 39.3 Å². The highest BCUT2D eigenvalue weighted by molar-refractivity contribution is 9.11. The molecular weight excluding hydrogens is 358 g/mol. The van der Waals surface area contributed by atoms with Crippen molar-refractivity contribution in [1.29, 1.82) is 0 Å². The van der Waals surface area contributed by atoms with E-state index in [-0.39, 0.29) is 12.2 Å². The average Bonchev–Trinajstić information content (AvgIpc) is 2.44. The summed E-state index contributed by atoms with van der Waals surface area (Å²) in [6, 6.07) is 0. The van der Waals surface area contributed by atoms with E-state index in [9.17, 15) is 4.79 Å². The number of hydrogen-bond donors (Lipinski definition) is 0. The Bertz CT molecular complexity index is 469. The van der Waals surface area contributed by atoms with Crippen molar-refractivity contribution in [1.82, 2.24) is 4.90 Å². The van der Waals surface area contributed by atoms with Gasteiger partial charge in [0.2, 0.25) is 0 Å². The van der Waals surface area contributed by atoms with Crippen molar-refractivity contribution in [3.05, 3.63) is 35.0 Å². The standard InChI is InChI=1S/C18H28BrNO3/c1-6-7-15(19)9-8-14(2)22-16-10-12-20(13-11-16)17(21)23-18(3,4)5/h7-9,16H,2,6,10-13H2,1,3-5H3/b9-8-,15-7+. The molecule has 1 aliphatic rings. The van der Waals surface area contributed by atoms with Crippen molar-refractivity contribution in [3.63, 3.8) is 0 Å². The molecule has 0 N–H and O–H groups in total. The van der Waals surface area contributed by atoms with Crippen LogP contribution in [-0.4, -0.2) is 35.8 Å². The molecule has 1 aliphatic heterocycles. The number of carbonyl (C=O) groups is 1. The summed E-state index contributed by atoms with van der Waals surface area (Å²) in [5, 5.41) is 0. The molecule has 0 bridgehead atoms. The van der Waals surface area contributed by atoms with E-state index in [2.05, 4.69) is 35.5 Å². The van der Waals surface area contributed by atoms with E-state index >= 15 is 0 Å². The molecule has 23 heavy (non-hydrogen) atoms. The molecular formula is C18H28BrNO3. The van der Waals surface area contributed by atoms with Crippen LogP contribution in [0.5, 0.6) is 0 Å². The molecule has 0 saturated carbocycles. The molecule has 5 heteroatoms. The summed E-state index contributed by atoms with van der Waals surface area (Å²) in [5.41, 5.74) is -0.455. The second-order valence-corrected chi connectivity index (χ2v) is 7.50. The van der Waals surface area contributed by atoms with Gasteiger partial charge in [0.1, 0.15) is 17.5 Å². The van der Waals surface area contributed by atoms with E-state index in [1.807, 2.05) is 32.9 Å². The van der Waals surface area contributed by atoms with Crippen molar-refractivity contribution in [2.75, 3.05) is 13.1 Å². The fourth-order valence-electron chi connectivity index (χ4n) is 2.17. The molecule has 0 aromatic carbocycles. The predicted molar refractivity (Wildman–Crippen MR) is 97.5 cm³/mol. The zero-order valence-electron chi connectivity index (χ0n) is 14.6. The molecule has 1 amide bonds. The molecule has 0 unspecified atom stereocenters. The number of amides is 1. The molecule has 4 nitrogen and oxygen atoms in total. The third kappa shape index (κ3) is 8.26. The highest BCUT2D eigenvalue weighted by Gasteiger charge is 2.27. The average molecular weight is 386 g/mol. The van der Waals surface area contributed by atoms with E-state index in [0.29, 0.717) is 18.8 Å². The molecule has 130 valence electrons. The van der Waals surface area contributed by atoms with Gasteiger partial charge in [-0.1, -0.05) is 35.5 Å². The molecule has 0 spiro atoms. The normalized spacial score (nSPS) is 17.4. The summed E-state index contributed by atoms with van der Waals surface area (Å²) in [6.07, 6.45) is 8.27. The smallest absolute Gasteiger partial charge is 0.410 e. The molecule has 1 saturated heterocycles. The topological polar surface area (TPSA) is 38.8 Å². The van der Waals surface area contributed by atoms with Crippen molar-refractivity contribution in [2.24, 2.45) is 0 Å². The van der Waals surface area contributed by atoms with Crippen LogP contribution in [0.3, 0.4) is 0 Å². The van der Waals surface area contributed by atoms with Gasteiger partial charge in [0.05, 0.1) is 0 Å². The first kappa shape index (κ1) is 19.8. The number of ether oxygens (including phenoxy) is 2. The number of allylic oxidation sites excluding steroid dienone is 4. The third-order valence-corrected chi connectivity index (χ3v) is 3.83. The molecule has 0 aromatic heterocycles. The zero-order chi connectivity index (χ0) is 17.5. The second kappa shape index (κ2) is 9.16. The van der Waals surface area contributed by atoms with Crippen LogP contribution < -0.4 is 0 Å². The van der Waals surface area contributed by atoms with Crippen LogP contribution in [0.15, 0.2) is 35.0 Å². The van der Waals surface area contributed by atoms with Crippen LogP contribution in [0.4, 0.5) is 4.79 Å². The number of carbonyl (C=O) groups excluding carboxylic acids is 1. The van der Waals surface area contributed by atoms with Crippen LogP contribution >= 0.6 is 15.9 Å². The minimum absolute atomic E-state index is 0.0970. The zero-order valence-corrected chi connectivity index (χ0v) is 16.2. The van der Waals surface area contributed by atoms with Gasteiger partial charge < -0.3 is 14.4 Å². The Kier molecular flexibility index (Phi) is 7.89. The molecule has 1 fully saturated rings. The van der Waals surface area contributed by atoms with E-state index in [1.165, 1.54) is 0 Å². The number of hydrogen-bond acceptors (Lipinski definition) is 3. The SMILES string of the molecule is C=C(/C=C\C(Br)=C/CC)OC1CCN(C(=O)OC(C)(C)C)CC1. The van der Waals surface area contributed by atoms with Crippen molar-refractivity contribution in [2.45, 2.75) is 58.7 Å². The molecule has 0 radical (unpaired) electrons. The van der Waals surface area contributed by atoms with E-state index < -0.39 is 5.60 Å². The summed E-state index contributed by atoms with van der Waals surface area (Å²) in [5.74, 6) is 0.641. The second-order valence-electron chi connectivity index (χ2n) is 6.58. The third-order valence-electron chi connectivity index (χ3n) is 3.24. The first-order chi connectivity index (χ1) is 10.7. The van der Waals surface area contributed by atoms with Crippen molar-refractivity contribution in [3.8, 4) is 0 Å². The highest BCUT2D eigenvalue weighted by Crippen LogP contribution is 2.19. The largest absolute Gasteiger partial charge is 0.491 e. The van der Waals surface area contributed by atoms with Crippen LogP contribution in [-0.2, 0) is 9.47 Å². The number of rotatable bonds is 5. The van der Waals surface area contributed by atoms with Gasteiger partial charge in [-0.15, -0.1) is 0 Å². The Morgan fingerprint density at radius 1 is 1.30 bits per heavy atom. The number of nitrogens with zero attached hydrogens (tertiary/aromatic N) is 1. The van der Waals surface area contributed by atoms with Gasteiger partial charge in [0.25, 0.3) is 0 Å². The number of likely N-dealkylation sites (tertiary alicyclic amines) is 1. The van der Waals surface area contributed by atoms with Crippen LogP contribution in [0.25, 0.3) is 0 Å². The highest BCUT2D eigenvalue weighted by atomic mass is 79.9. The van der Waals surface area contributed by atoms with Gasteiger partial charge in [-0.3, -0.25) is 0 Å². The van der Waals surface area contributed by atoms with Gasteiger partial charge in [0, 0.05) is 30.4 Å². The van der Waals surface area contributed by atoms with Gasteiger partial charge in [-0.25, -0.2) is 4.79 Å². The Labute approximate surface area is 148 Å². The molecule has 1 heterocycles. The first-order valence-corrected chi connectivity index (χ1v) is 8.88. The van der Waals surface area contributed by atoms with E-state index in [4.69, 9.17) is 9.47 Å². The number of piperidine rings is 1. The van der Waals surface area contributed by atoms with Crippen LogP contribution in [0.2, 0.25) is 0 Å². The molecule has 0 aromatic rings. The Balaban J connectivity index is 2.38.